The van der Waals surface area contributed by atoms with Gasteiger partial charge in [0.25, 0.3) is 6.33 Å². The Bertz CT molecular complexity index is 487. The van der Waals surface area contributed by atoms with Crippen LogP contribution in [-0.2, 0) is 6.30 Å². The molecule has 0 spiro atoms. The van der Waals surface area contributed by atoms with Crippen molar-refractivity contribution in [1.29, 1.82) is 0 Å². The Morgan fingerprint density at radius 3 is 2.50 bits per heavy atom. The van der Waals surface area contributed by atoms with E-state index in [9.17, 15) is 17.6 Å². The normalized spacial score (nSPS) is 11.8. The zero-order valence-electron chi connectivity index (χ0n) is 7.69. The summed E-state index contributed by atoms with van der Waals surface area (Å²) in [7, 11) is 0. The van der Waals surface area contributed by atoms with Crippen molar-refractivity contribution in [2.24, 2.45) is 0 Å². The van der Waals surface area contributed by atoms with E-state index in [-0.39, 0.29) is 10.4 Å². The third kappa shape index (κ3) is 2.00. The van der Waals surface area contributed by atoms with Crippen LogP contribution in [0.2, 0.25) is 0 Å². The standard InChI is InChI=1S/C8H5F4N4/c9-6-1-2-7(13-3-6)16-5-15(4-14-16)8(10,11)12/h1-5H/q+1. The summed E-state index contributed by atoms with van der Waals surface area (Å²) in [6.07, 6.45) is -2.32. The number of hydrogen-bond acceptors (Lipinski definition) is 2. The Hall–Kier alpha value is -1.99. The minimum absolute atomic E-state index is 0.0297. The van der Waals surface area contributed by atoms with Crippen LogP contribution in [-0.4, -0.2) is 14.8 Å². The molecule has 0 aromatic carbocycles. The van der Waals surface area contributed by atoms with Gasteiger partial charge in [-0.15, -0.1) is 17.7 Å². The van der Waals surface area contributed by atoms with Crippen LogP contribution in [0.3, 0.4) is 0 Å². The molecule has 0 bridgehead atoms. The monoisotopic (exact) mass is 233 g/mol. The van der Waals surface area contributed by atoms with Crippen LogP contribution in [0.25, 0.3) is 5.82 Å². The minimum atomic E-state index is -4.53. The summed E-state index contributed by atoms with van der Waals surface area (Å²) >= 11 is 0. The summed E-state index contributed by atoms with van der Waals surface area (Å²) in [4.78, 5) is 3.59. The van der Waals surface area contributed by atoms with Gasteiger partial charge < -0.3 is 0 Å². The molecule has 2 aromatic rings. The Labute approximate surface area is 86.8 Å². The van der Waals surface area contributed by atoms with Crippen LogP contribution < -0.4 is 4.57 Å². The van der Waals surface area contributed by atoms with Crippen molar-refractivity contribution in [1.82, 2.24) is 14.8 Å². The van der Waals surface area contributed by atoms with Crippen LogP contribution >= 0.6 is 0 Å². The molecule has 2 rings (SSSR count). The molecular formula is C8H5F4N4+. The fourth-order valence-electron chi connectivity index (χ4n) is 1.04. The van der Waals surface area contributed by atoms with Crippen molar-refractivity contribution < 1.29 is 22.1 Å². The molecule has 0 fully saturated rings. The Balaban J connectivity index is 2.35. The largest absolute Gasteiger partial charge is 0.543 e. The van der Waals surface area contributed by atoms with Crippen molar-refractivity contribution in [3.63, 3.8) is 0 Å². The van der Waals surface area contributed by atoms with E-state index in [0.717, 1.165) is 16.9 Å². The maximum absolute atomic E-state index is 12.5. The highest BCUT2D eigenvalue weighted by Crippen LogP contribution is 2.13. The predicted molar refractivity (Wildman–Crippen MR) is 42.8 cm³/mol. The molecule has 0 atom stereocenters. The summed E-state index contributed by atoms with van der Waals surface area (Å²) < 4.78 is 50.0. The third-order valence-electron chi connectivity index (χ3n) is 1.77. The molecule has 0 N–H and O–H groups in total. The molecule has 16 heavy (non-hydrogen) atoms. The minimum Gasteiger partial charge on any atom is -0.219 e. The van der Waals surface area contributed by atoms with E-state index in [4.69, 9.17) is 0 Å². The molecule has 0 aliphatic carbocycles. The van der Waals surface area contributed by atoms with E-state index in [1.165, 1.54) is 6.07 Å². The van der Waals surface area contributed by atoms with Gasteiger partial charge in [-0.1, -0.05) is 4.68 Å². The molecule has 84 valence electrons. The first kappa shape index (κ1) is 10.5. The molecule has 0 aliphatic rings. The lowest BCUT2D eigenvalue weighted by molar-refractivity contribution is -0.855. The van der Waals surface area contributed by atoms with Crippen LogP contribution in [0.5, 0.6) is 0 Å². The highest BCUT2D eigenvalue weighted by atomic mass is 19.4. The maximum atomic E-state index is 12.5. The molecule has 0 amide bonds. The molecule has 0 radical (unpaired) electrons. The Kier molecular flexibility index (Phi) is 2.33. The van der Waals surface area contributed by atoms with Gasteiger partial charge in [-0.2, -0.15) is 0 Å². The summed E-state index contributed by atoms with van der Waals surface area (Å²) in [6, 6.07) is 2.31. The van der Waals surface area contributed by atoms with Crippen molar-refractivity contribution in [3.8, 4) is 5.82 Å². The van der Waals surface area contributed by atoms with Crippen molar-refractivity contribution in [2.45, 2.75) is 6.30 Å². The van der Waals surface area contributed by atoms with E-state index < -0.39 is 12.1 Å². The fourth-order valence-corrected chi connectivity index (χ4v) is 1.04. The van der Waals surface area contributed by atoms with Gasteiger partial charge in [0, 0.05) is 11.2 Å². The van der Waals surface area contributed by atoms with Gasteiger partial charge in [0.1, 0.15) is 5.82 Å². The van der Waals surface area contributed by atoms with Crippen LogP contribution in [0.15, 0.2) is 31.0 Å². The number of nitrogens with zero attached hydrogens (tertiary/aromatic N) is 4. The highest BCUT2D eigenvalue weighted by molar-refractivity contribution is 5.18. The molecule has 0 unspecified atom stereocenters. The van der Waals surface area contributed by atoms with Gasteiger partial charge in [0.2, 0.25) is 12.1 Å². The molecule has 8 heteroatoms. The molecular weight excluding hydrogens is 228 g/mol. The quantitative estimate of drug-likeness (QED) is 0.547. The topological polar surface area (TPSA) is 34.6 Å². The summed E-state index contributed by atoms with van der Waals surface area (Å²) in [5.41, 5.74) is 0. The van der Waals surface area contributed by atoms with Gasteiger partial charge in [0.15, 0.2) is 0 Å². The van der Waals surface area contributed by atoms with Crippen molar-refractivity contribution in [3.05, 3.63) is 36.8 Å². The molecule has 2 heterocycles. The van der Waals surface area contributed by atoms with Gasteiger partial charge in [-0.25, -0.2) is 9.37 Å². The third-order valence-corrected chi connectivity index (χ3v) is 1.77. The van der Waals surface area contributed by atoms with Crippen LogP contribution in [0.4, 0.5) is 17.6 Å². The second kappa shape index (κ2) is 3.54. The highest BCUT2D eigenvalue weighted by Gasteiger charge is 2.36. The number of hydrogen-bond donors (Lipinski definition) is 0. The van der Waals surface area contributed by atoms with E-state index in [0.29, 0.717) is 12.7 Å². The first-order chi connectivity index (χ1) is 7.47. The average Bonchev–Trinajstić information content (AvgIpc) is 2.67. The first-order valence-corrected chi connectivity index (χ1v) is 4.12. The number of pyridine rings is 1. The fraction of sp³-hybridized carbons (Fsp3) is 0.125. The lowest BCUT2D eigenvalue weighted by Crippen LogP contribution is -2.45. The summed E-state index contributed by atoms with van der Waals surface area (Å²) in [5.74, 6) is -0.469. The van der Waals surface area contributed by atoms with Gasteiger partial charge in [-0.3, -0.25) is 0 Å². The van der Waals surface area contributed by atoms with E-state index in [1.54, 1.807) is 0 Å². The number of aromatic nitrogens is 4. The lowest BCUT2D eigenvalue weighted by Gasteiger charge is -1.98. The van der Waals surface area contributed by atoms with Gasteiger partial charge >= 0.3 is 6.30 Å². The Morgan fingerprint density at radius 2 is 2.00 bits per heavy atom. The summed E-state index contributed by atoms with van der Waals surface area (Å²) in [5, 5.41) is 3.46. The second-order valence-electron chi connectivity index (χ2n) is 2.90. The molecule has 4 nitrogen and oxygen atoms in total. The number of halogens is 4. The van der Waals surface area contributed by atoms with Crippen molar-refractivity contribution in [2.75, 3.05) is 0 Å². The number of alkyl halides is 3. The predicted octanol–water partition coefficient (Wildman–Crippen LogP) is 1.17. The van der Waals surface area contributed by atoms with E-state index in [1.807, 2.05) is 0 Å². The zero-order chi connectivity index (χ0) is 11.8. The zero-order valence-corrected chi connectivity index (χ0v) is 7.69. The smallest absolute Gasteiger partial charge is 0.219 e. The van der Waals surface area contributed by atoms with E-state index in [2.05, 4.69) is 10.1 Å². The first-order valence-electron chi connectivity index (χ1n) is 4.12. The average molecular weight is 233 g/mol. The molecule has 0 aliphatic heterocycles. The molecule has 0 saturated carbocycles. The number of rotatable bonds is 1. The summed E-state index contributed by atoms with van der Waals surface area (Å²) in [6.45, 7) is 0. The molecule has 2 aromatic heterocycles. The van der Waals surface area contributed by atoms with Crippen LogP contribution in [0, 0.1) is 5.82 Å². The van der Waals surface area contributed by atoms with Gasteiger partial charge in [0.05, 0.1) is 6.20 Å². The second-order valence-corrected chi connectivity index (χ2v) is 2.90. The van der Waals surface area contributed by atoms with Gasteiger partial charge in [-0.05, 0) is 6.07 Å². The van der Waals surface area contributed by atoms with Crippen molar-refractivity contribution >= 4 is 0 Å². The van der Waals surface area contributed by atoms with Crippen LogP contribution in [0.1, 0.15) is 0 Å². The SMILES string of the molecule is Fc1ccc(-n2c[n+](C(F)(F)F)cn2)nc1. The Morgan fingerprint density at radius 1 is 1.25 bits per heavy atom. The lowest BCUT2D eigenvalue weighted by atomic mass is 10.4. The van der Waals surface area contributed by atoms with E-state index >= 15 is 0 Å². The molecule has 0 saturated heterocycles. The maximum Gasteiger partial charge on any atom is 0.543 e.